The molecular formula is C28H24ClN3O. The van der Waals surface area contributed by atoms with Crippen LogP contribution in [0.3, 0.4) is 0 Å². The third kappa shape index (κ3) is 3.87. The van der Waals surface area contributed by atoms with Crippen molar-refractivity contribution >= 4 is 22.5 Å². The number of nitrogens with zero attached hydrogens (tertiary/aromatic N) is 3. The van der Waals surface area contributed by atoms with Crippen molar-refractivity contribution in [3.05, 3.63) is 123 Å². The van der Waals surface area contributed by atoms with E-state index >= 15 is 0 Å². The lowest BCUT2D eigenvalue weighted by atomic mass is 9.87. The van der Waals surface area contributed by atoms with Gasteiger partial charge in [-0.2, -0.15) is 0 Å². The molecule has 5 heteroatoms. The second kappa shape index (κ2) is 8.38. The smallest absolute Gasteiger partial charge is 0.251 e. The van der Waals surface area contributed by atoms with E-state index in [1.54, 1.807) is 10.6 Å². The van der Waals surface area contributed by atoms with Crippen molar-refractivity contribution < 1.29 is 0 Å². The average Bonchev–Trinajstić information content (AvgIpc) is 3.23. The quantitative estimate of drug-likeness (QED) is 0.331. The van der Waals surface area contributed by atoms with E-state index in [0.29, 0.717) is 5.02 Å². The first-order chi connectivity index (χ1) is 15.9. The molecule has 0 aliphatic carbocycles. The van der Waals surface area contributed by atoms with E-state index in [1.807, 2.05) is 55.5 Å². The zero-order valence-electron chi connectivity index (χ0n) is 18.8. The van der Waals surface area contributed by atoms with Gasteiger partial charge < -0.3 is 9.13 Å². The van der Waals surface area contributed by atoms with E-state index in [2.05, 4.69) is 54.4 Å². The molecule has 164 valence electrons. The van der Waals surface area contributed by atoms with Gasteiger partial charge in [-0.3, -0.25) is 4.79 Å². The van der Waals surface area contributed by atoms with Crippen LogP contribution in [0.15, 0.2) is 90.1 Å². The van der Waals surface area contributed by atoms with Gasteiger partial charge in [0.15, 0.2) is 0 Å². The van der Waals surface area contributed by atoms with Gasteiger partial charge >= 0.3 is 0 Å². The fraction of sp³-hybridized carbons (Fsp3) is 0.143. The van der Waals surface area contributed by atoms with E-state index in [9.17, 15) is 4.79 Å². The van der Waals surface area contributed by atoms with Gasteiger partial charge in [0.1, 0.15) is 0 Å². The molecule has 0 aliphatic rings. The molecule has 5 aromatic rings. The van der Waals surface area contributed by atoms with Gasteiger partial charge in [0, 0.05) is 42.5 Å². The van der Waals surface area contributed by atoms with Crippen LogP contribution in [-0.4, -0.2) is 14.1 Å². The highest BCUT2D eigenvalue weighted by molar-refractivity contribution is 6.30. The van der Waals surface area contributed by atoms with Gasteiger partial charge in [-0.1, -0.05) is 59.6 Å². The molecule has 3 aromatic carbocycles. The molecular weight excluding hydrogens is 430 g/mol. The third-order valence-electron chi connectivity index (χ3n) is 6.29. The molecule has 5 rings (SSSR count). The summed E-state index contributed by atoms with van der Waals surface area (Å²) in [7, 11) is 3.83. The second-order valence-corrected chi connectivity index (χ2v) is 8.95. The summed E-state index contributed by atoms with van der Waals surface area (Å²) in [4.78, 5) is 17.1. The molecule has 0 radical (unpaired) electrons. The summed E-state index contributed by atoms with van der Waals surface area (Å²) in [5.74, 6) is -0.0261. The largest absolute Gasteiger partial charge is 0.337 e. The van der Waals surface area contributed by atoms with Crippen LogP contribution >= 0.6 is 11.6 Å². The summed E-state index contributed by atoms with van der Waals surface area (Å²) < 4.78 is 3.76. The number of aromatic nitrogens is 3. The van der Waals surface area contributed by atoms with Gasteiger partial charge in [-0.05, 0) is 53.4 Å². The maximum atomic E-state index is 12.8. The number of benzene rings is 3. The Labute approximate surface area is 197 Å². The summed E-state index contributed by atoms with van der Waals surface area (Å²) in [6, 6.07) is 24.3. The van der Waals surface area contributed by atoms with Crippen LogP contribution in [-0.2, 0) is 14.1 Å². The van der Waals surface area contributed by atoms with Crippen molar-refractivity contribution in [2.45, 2.75) is 12.8 Å². The number of halogens is 1. The fourth-order valence-electron chi connectivity index (χ4n) is 4.54. The molecule has 0 saturated carbocycles. The SMILES string of the molecule is Cc1cccc(-c2cc(=O)n(C)c3ccc([C@H](c4ccc(Cl)cc4)c4cncn4C)cc23)c1. The van der Waals surface area contributed by atoms with Crippen molar-refractivity contribution in [1.29, 1.82) is 0 Å². The Hall–Kier alpha value is -3.63. The Morgan fingerprint density at radius 2 is 1.67 bits per heavy atom. The van der Waals surface area contributed by atoms with Crippen LogP contribution in [0, 0.1) is 6.92 Å². The van der Waals surface area contributed by atoms with Crippen molar-refractivity contribution in [2.24, 2.45) is 14.1 Å². The topological polar surface area (TPSA) is 39.8 Å². The molecule has 0 N–H and O–H groups in total. The molecule has 0 amide bonds. The third-order valence-corrected chi connectivity index (χ3v) is 6.54. The predicted molar refractivity (Wildman–Crippen MR) is 135 cm³/mol. The molecule has 0 aliphatic heterocycles. The Kier molecular flexibility index (Phi) is 5.39. The van der Waals surface area contributed by atoms with Gasteiger partial charge in [-0.25, -0.2) is 4.98 Å². The molecule has 0 bridgehead atoms. The first-order valence-electron chi connectivity index (χ1n) is 10.8. The number of hydrogen-bond acceptors (Lipinski definition) is 2. The van der Waals surface area contributed by atoms with Crippen LogP contribution in [0.25, 0.3) is 22.0 Å². The predicted octanol–water partition coefficient (Wildman–Crippen LogP) is 6.08. The lowest BCUT2D eigenvalue weighted by Gasteiger charge is -2.21. The number of hydrogen-bond donors (Lipinski definition) is 0. The zero-order valence-corrected chi connectivity index (χ0v) is 19.5. The number of rotatable bonds is 4. The van der Waals surface area contributed by atoms with Crippen LogP contribution in [0.1, 0.15) is 28.3 Å². The minimum Gasteiger partial charge on any atom is -0.337 e. The summed E-state index contributed by atoms with van der Waals surface area (Å²) >= 11 is 6.18. The fourth-order valence-corrected chi connectivity index (χ4v) is 4.67. The molecule has 0 unspecified atom stereocenters. The number of pyridine rings is 1. The van der Waals surface area contributed by atoms with Crippen molar-refractivity contribution in [1.82, 2.24) is 14.1 Å². The number of fused-ring (bicyclic) bond motifs is 1. The van der Waals surface area contributed by atoms with Crippen molar-refractivity contribution in [3.63, 3.8) is 0 Å². The Morgan fingerprint density at radius 1 is 0.909 bits per heavy atom. The van der Waals surface area contributed by atoms with Gasteiger partial charge in [0.05, 0.1) is 17.8 Å². The van der Waals surface area contributed by atoms with Crippen LogP contribution < -0.4 is 5.56 Å². The highest BCUT2D eigenvalue weighted by Crippen LogP contribution is 2.36. The van der Waals surface area contributed by atoms with Crippen molar-refractivity contribution in [2.75, 3.05) is 0 Å². The van der Waals surface area contributed by atoms with E-state index in [-0.39, 0.29) is 11.5 Å². The first kappa shape index (κ1) is 21.2. The lowest BCUT2D eigenvalue weighted by Crippen LogP contribution is -2.16. The van der Waals surface area contributed by atoms with Gasteiger partial charge in [-0.15, -0.1) is 0 Å². The van der Waals surface area contributed by atoms with E-state index in [1.165, 1.54) is 0 Å². The molecule has 2 aromatic heterocycles. The monoisotopic (exact) mass is 453 g/mol. The summed E-state index contributed by atoms with van der Waals surface area (Å²) in [5.41, 5.74) is 7.36. The van der Waals surface area contributed by atoms with Crippen molar-refractivity contribution in [3.8, 4) is 11.1 Å². The molecule has 4 nitrogen and oxygen atoms in total. The Balaban J connectivity index is 1.79. The maximum absolute atomic E-state index is 12.8. The number of aryl methyl sites for hydroxylation is 3. The zero-order chi connectivity index (χ0) is 23.1. The normalized spacial score (nSPS) is 12.2. The van der Waals surface area contributed by atoms with E-state index in [0.717, 1.165) is 44.4 Å². The molecule has 0 saturated heterocycles. The summed E-state index contributed by atoms with van der Waals surface area (Å²) in [5, 5.41) is 1.75. The minimum atomic E-state index is -0.0261. The second-order valence-electron chi connectivity index (χ2n) is 8.52. The van der Waals surface area contributed by atoms with Crippen LogP contribution in [0.5, 0.6) is 0 Å². The molecule has 33 heavy (non-hydrogen) atoms. The lowest BCUT2D eigenvalue weighted by molar-refractivity contribution is 0.793. The van der Waals surface area contributed by atoms with Gasteiger partial charge in [0.2, 0.25) is 0 Å². The summed E-state index contributed by atoms with van der Waals surface area (Å²) in [6.45, 7) is 2.07. The van der Waals surface area contributed by atoms with Crippen LogP contribution in [0.2, 0.25) is 5.02 Å². The summed E-state index contributed by atoms with van der Waals surface area (Å²) in [6.07, 6.45) is 3.73. The average molecular weight is 454 g/mol. The van der Waals surface area contributed by atoms with Crippen LogP contribution in [0.4, 0.5) is 0 Å². The first-order valence-corrected chi connectivity index (χ1v) is 11.2. The molecule has 0 fully saturated rings. The minimum absolute atomic E-state index is 0.0207. The highest BCUT2D eigenvalue weighted by atomic mass is 35.5. The van der Waals surface area contributed by atoms with E-state index in [4.69, 9.17) is 11.6 Å². The molecule has 2 heterocycles. The highest BCUT2D eigenvalue weighted by Gasteiger charge is 2.21. The Morgan fingerprint density at radius 3 is 2.36 bits per heavy atom. The maximum Gasteiger partial charge on any atom is 0.251 e. The number of imidazole rings is 1. The standard InChI is InChI=1S/C28H24ClN3O/c1-18-5-4-6-20(13-18)23-15-27(33)32(3)25-12-9-21(14-24(23)25)28(26-16-30-17-31(26)2)19-7-10-22(29)11-8-19/h4-17,28H,1-3H3/t28-/m0/s1. The Bertz CT molecular complexity index is 1530. The van der Waals surface area contributed by atoms with Gasteiger partial charge in [0.25, 0.3) is 5.56 Å². The molecule has 1 atom stereocenters. The molecule has 0 spiro atoms. The van der Waals surface area contributed by atoms with E-state index < -0.39 is 0 Å².